The molecule has 0 spiro atoms. The molecule has 0 atom stereocenters. The van der Waals surface area contributed by atoms with Gasteiger partial charge in [-0.3, -0.25) is 15.3 Å². The average molecular weight is 288 g/mol. The van der Waals surface area contributed by atoms with E-state index in [1.165, 1.54) is 0 Å². The van der Waals surface area contributed by atoms with Gasteiger partial charge in [0.1, 0.15) is 0 Å². The van der Waals surface area contributed by atoms with Crippen molar-refractivity contribution in [3.63, 3.8) is 0 Å². The maximum Gasteiger partial charge on any atom is 0.205 e. The highest BCUT2D eigenvalue weighted by molar-refractivity contribution is 7.98. The second kappa shape index (κ2) is 9.54. The maximum atomic E-state index is 8.56. The molecule has 0 saturated carbocycles. The van der Waals surface area contributed by atoms with Gasteiger partial charge in [-0.05, 0) is 12.1 Å². The number of aromatic nitrogens is 1. The van der Waals surface area contributed by atoms with Gasteiger partial charge in [-0.2, -0.15) is 17.0 Å². The third-order valence-electron chi connectivity index (χ3n) is 2.20. The molecule has 0 unspecified atom stereocenters. The molecule has 0 aliphatic rings. The summed E-state index contributed by atoms with van der Waals surface area (Å²) < 4.78 is 0. The molecular formula is C13H16N6S. The summed E-state index contributed by atoms with van der Waals surface area (Å²) in [6.45, 7) is 0.893. The molecule has 6 nitrogen and oxygen atoms in total. The zero-order valence-corrected chi connectivity index (χ0v) is 11.8. The van der Waals surface area contributed by atoms with Crippen LogP contribution in [0.15, 0.2) is 23.3 Å². The van der Waals surface area contributed by atoms with Crippen LogP contribution in [0.3, 0.4) is 0 Å². The third kappa shape index (κ3) is 5.98. The van der Waals surface area contributed by atoms with Gasteiger partial charge in [0.05, 0.1) is 24.5 Å². The van der Waals surface area contributed by atoms with Crippen LogP contribution < -0.4 is 16.4 Å². The Bertz CT molecular complexity index is 528. The summed E-state index contributed by atoms with van der Waals surface area (Å²) in [6.07, 6.45) is 8.66. The number of hydrogen-bond donors (Lipinski definition) is 3. The number of anilines is 1. The lowest BCUT2D eigenvalue weighted by atomic mass is 10.3. The molecular weight excluding hydrogens is 272 g/mol. The van der Waals surface area contributed by atoms with E-state index in [9.17, 15) is 0 Å². The van der Waals surface area contributed by atoms with Gasteiger partial charge in [0.2, 0.25) is 5.96 Å². The molecule has 1 aromatic heterocycles. The van der Waals surface area contributed by atoms with Gasteiger partial charge in [0.25, 0.3) is 0 Å². The number of pyridine rings is 1. The first-order valence-electron chi connectivity index (χ1n) is 5.92. The van der Waals surface area contributed by atoms with Crippen molar-refractivity contribution in [2.24, 2.45) is 4.99 Å². The lowest BCUT2D eigenvalue weighted by molar-refractivity contribution is 0.967. The van der Waals surface area contributed by atoms with E-state index < -0.39 is 0 Å². The molecule has 20 heavy (non-hydrogen) atoms. The van der Waals surface area contributed by atoms with Crippen LogP contribution in [0.25, 0.3) is 0 Å². The van der Waals surface area contributed by atoms with Gasteiger partial charge in [-0.15, -0.1) is 6.42 Å². The SMILES string of the molecule is C#CCNC(=NCCSCc1ncccc1N)NC#N. The first-order valence-corrected chi connectivity index (χ1v) is 7.07. The zero-order valence-electron chi connectivity index (χ0n) is 11.0. The van der Waals surface area contributed by atoms with Crippen molar-refractivity contribution in [2.45, 2.75) is 5.75 Å². The molecule has 0 fully saturated rings. The Morgan fingerprint density at radius 2 is 2.45 bits per heavy atom. The lowest BCUT2D eigenvalue weighted by Crippen LogP contribution is -2.34. The highest BCUT2D eigenvalue weighted by Crippen LogP contribution is 2.15. The van der Waals surface area contributed by atoms with E-state index in [-0.39, 0.29) is 0 Å². The van der Waals surface area contributed by atoms with Crippen molar-refractivity contribution in [1.82, 2.24) is 15.6 Å². The fourth-order valence-corrected chi connectivity index (χ4v) is 2.09. The van der Waals surface area contributed by atoms with Crippen LogP contribution in [0.4, 0.5) is 5.69 Å². The van der Waals surface area contributed by atoms with Crippen LogP contribution in [-0.2, 0) is 5.75 Å². The van der Waals surface area contributed by atoms with Crippen molar-refractivity contribution in [3.05, 3.63) is 24.0 Å². The fraction of sp³-hybridized carbons (Fsp3) is 0.308. The number of thioether (sulfide) groups is 1. The zero-order chi connectivity index (χ0) is 14.6. The Balaban J connectivity index is 2.31. The first kappa shape index (κ1) is 15.7. The second-order valence-corrected chi connectivity index (χ2v) is 4.72. The van der Waals surface area contributed by atoms with E-state index in [2.05, 4.69) is 26.5 Å². The van der Waals surface area contributed by atoms with Gasteiger partial charge < -0.3 is 11.1 Å². The molecule has 0 aliphatic carbocycles. The smallest absolute Gasteiger partial charge is 0.205 e. The molecule has 7 heteroatoms. The second-order valence-electron chi connectivity index (χ2n) is 3.62. The van der Waals surface area contributed by atoms with Gasteiger partial charge in [0.15, 0.2) is 6.19 Å². The van der Waals surface area contributed by atoms with Gasteiger partial charge >= 0.3 is 0 Å². The van der Waals surface area contributed by atoms with Crippen LogP contribution in [0.2, 0.25) is 0 Å². The summed E-state index contributed by atoms with van der Waals surface area (Å²) in [4.78, 5) is 8.42. The monoisotopic (exact) mass is 288 g/mol. The highest BCUT2D eigenvalue weighted by Gasteiger charge is 2.00. The third-order valence-corrected chi connectivity index (χ3v) is 3.15. The van der Waals surface area contributed by atoms with E-state index >= 15 is 0 Å². The van der Waals surface area contributed by atoms with Crippen LogP contribution in [0, 0.1) is 23.8 Å². The molecule has 0 aliphatic heterocycles. The molecule has 104 valence electrons. The largest absolute Gasteiger partial charge is 0.397 e. The van der Waals surface area contributed by atoms with E-state index in [0.29, 0.717) is 24.7 Å². The molecule has 1 aromatic rings. The molecule has 0 saturated heterocycles. The summed E-state index contributed by atoms with van der Waals surface area (Å²) in [6, 6.07) is 3.64. The molecule has 1 rings (SSSR count). The van der Waals surface area contributed by atoms with Crippen LogP contribution in [-0.4, -0.2) is 29.8 Å². The van der Waals surface area contributed by atoms with E-state index in [0.717, 1.165) is 17.2 Å². The highest BCUT2D eigenvalue weighted by atomic mass is 32.2. The van der Waals surface area contributed by atoms with E-state index in [1.807, 2.05) is 12.1 Å². The summed E-state index contributed by atoms with van der Waals surface area (Å²) in [5, 5.41) is 13.8. The molecule has 4 N–H and O–H groups in total. The number of terminal acetylenes is 1. The lowest BCUT2D eigenvalue weighted by Gasteiger charge is -2.05. The van der Waals surface area contributed by atoms with Crippen LogP contribution in [0.1, 0.15) is 5.69 Å². The molecule has 0 amide bonds. The standard InChI is InChI=1S/C13H16N6S/c1-2-5-17-13(19-10-14)18-7-8-20-9-12-11(15)4-3-6-16-12/h1,3-4,6H,5,7-9,15H2,(H2,17,18,19). The predicted octanol–water partition coefficient (Wildman–Crippen LogP) is 0.546. The van der Waals surface area contributed by atoms with Gasteiger partial charge in [-0.1, -0.05) is 5.92 Å². The van der Waals surface area contributed by atoms with Gasteiger partial charge in [0, 0.05) is 17.7 Å². The molecule has 0 bridgehead atoms. The summed E-state index contributed by atoms with van der Waals surface area (Å²) >= 11 is 1.68. The average Bonchev–Trinajstić information content (AvgIpc) is 2.46. The van der Waals surface area contributed by atoms with Crippen LogP contribution >= 0.6 is 11.8 Å². The molecule has 1 heterocycles. The van der Waals surface area contributed by atoms with Crippen molar-refractivity contribution in [1.29, 1.82) is 5.26 Å². The van der Waals surface area contributed by atoms with Crippen LogP contribution in [0.5, 0.6) is 0 Å². The molecule has 0 radical (unpaired) electrons. The first-order chi connectivity index (χ1) is 9.77. The van der Waals surface area contributed by atoms with Crippen molar-refractivity contribution < 1.29 is 0 Å². The number of guanidine groups is 1. The summed E-state index contributed by atoms with van der Waals surface area (Å²) in [7, 11) is 0. The minimum absolute atomic E-state index is 0.325. The van der Waals surface area contributed by atoms with Crippen molar-refractivity contribution in [3.8, 4) is 18.5 Å². The number of nitrogens with one attached hydrogen (secondary N) is 2. The Morgan fingerprint density at radius 3 is 3.15 bits per heavy atom. The topological polar surface area (TPSA) is 99.1 Å². The fourth-order valence-electron chi connectivity index (χ4n) is 1.29. The Hall–Kier alpha value is -2.38. The maximum absolute atomic E-state index is 8.56. The van der Waals surface area contributed by atoms with E-state index in [1.54, 1.807) is 24.2 Å². The minimum Gasteiger partial charge on any atom is -0.397 e. The number of rotatable bonds is 6. The number of aliphatic imine (C=N–C) groups is 1. The van der Waals surface area contributed by atoms with Crippen molar-refractivity contribution >= 4 is 23.4 Å². The number of nitrogen functional groups attached to an aromatic ring is 1. The summed E-state index contributed by atoms with van der Waals surface area (Å²) in [5.41, 5.74) is 7.38. The predicted molar refractivity (Wildman–Crippen MR) is 82.7 cm³/mol. The Labute approximate surface area is 122 Å². The van der Waals surface area contributed by atoms with E-state index in [4.69, 9.17) is 17.4 Å². The normalized spacial score (nSPS) is 10.4. The summed E-state index contributed by atoms with van der Waals surface area (Å²) in [5.74, 6) is 4.34. The van der Waals surface area contributed by atoms with Gasteiger partial charge in [-0.25, -0.2) is 0 Å². The number of nitriles is 1. The number of nitrogens with zero attached hydrogens (tertiary/aromatic N) is 3. The molecule has 0 aromatic carbocycles. The Kier molecular flexibility index (Phi) is 7.48. The minimum atomic E-state index is 0.325. The van der Waals surface area contributed by atoms with Crippen molar-refractivity contribution in [2.75, 3.05) is 24.6 Å². The number of nitrogens with two attached hydrogens (primary N) is 1. The Morgan fingerprint density at radius 1 is 1.60 bits per heavy atom. The number of hydrogen-bond acceptors (Lipinski definition) is 5. The quantitative estimate of drug-likeness (QED) is 0.176.